The molecule has 1 N–H and O–H groups in total. The Labute approximate surface area is 119 Å². The number of hydrogen-bond acceptors (Lipinski definition) is 3. The fourth-order valence-corrected chi connectivity index (χ4v) is 2.23. The molecule has 0 aliphatic heterocycles. The first-order valence-corrected chi connectivity index (χ1v) is 6.79. The van der Waals surface area contributed by atoms with Crippen molar-refractivity contribution < 1.29 is 13.6 Å². The van der Waals surface area contributed by atoms with Crippen molar-refractivity contribution >= 4 is 23.4 Å². The zero-order valence-electron chi connectivity index (χ0n) is 10.7. The first-order chi connectivity index (χ1) is 9.58. The van der Waals surface area contributed by atoms with Crippen molar-refractivity contribution in [3.63, 3.8) is 0 Å². The minimum Gasteiger partial charge on any atom is -0.323 e. The third-order valence-electron chi connectivity index (χ3n) is 2.66. The number of anilines is 1. The van der Waals surface area contributed by atoms with Crippen molar-refractivity contribution in [3.05, 3.63) is 42.7 Å². The van der Waals surface area contributed by atoms with Crippen LogP contribution in [0.15, 0.2) is 47.6 Å². The fourth-order valence-electron chi connectivity index (χ4n) is 1.64. The SMILES string of the molecule is CC(C(=O)Nc1ccccc1SC(F)F)n1cccn1. The summed E-state index contributed by atoms with van der Waals surface area (Å²) in [5, 5.41) is 6.63. The summed E-state index contributed by atoms with van der Waals surface area (Å²) in [6.45, 7) is 1.69. The highest BCUT2D eigenvalue weighted by Crippen LogP contribution is 2.31. The Bertz CT molecular complexity index is 575. The molecule has 1 aromatic heterocycles. The molecule has 1 amide bonds. The molecule has 0 saturated heterocycles. The van der Waals surface area contributed by atoms with E-state index in [0.29, 0.717) is 22.3 Å². The monoisotopic (exact) mass is 297 g/mol. The van der Waals surface area contributed by atoms with Crippen LogP contribution in [0.1, 0.15) is 13.0 Å². The third-order valence-corrected chi connectivity index (χ3v) is 3.45. The highest BCUT2D eigenvalue weighted by Gasteiger charge is 2.17. The van der Waals surface area contributed by atoms with Gasteiger partial charge in [0.15, 0.2) is 0 Å². The van der Waals surface area contributed by atoms with Crippen molar-refractivity contribution in [2.24, 2.45) is 0 Å². The van der Waals surface area contributed by atoms with E-state index >= 15 is 0 Å². The molecule has 106 valence electrons. The van der Waals surface area contributed by atoms with Crippen molar-refractivity contribution in [2.75, 3.05) is 5.32 Å². The molecule has 0 bridgehead atoms. The molecule has 1 aromatic carbocycles. The lowest BCUT2D eigenvalue weighted by Gasteiger charge is -2.14. The molecular weight excluding hydrogens is 284 g/mol. The third kappa shape index (κ3) is 3.57. The number of halogens is 2. The number of benzene rings is 1. The molecule has 2 rings (SSSR count). The molecule has 0 saturated carbocycles. The lowest BCUT2D eigenvalue weighted by molar-refractivity contribution is -0.119. The number of alkyl halides is 2. The van der Waals surface area contributed by atoms with E-state index in [1.54, 1.807) is 49.6 Å². The molecule has 0 aliphatic rings. The molecule has 0 aliphatic carbocycles. The number of hydrogen-bond donors (Lipinski definition) is 1. The molecule has 0 radical (unpaired) electrons. The first-order valence-electron chi connectivity index (χ1n) is 5.92. The highest BCUT2D eigenvalue weighted by atomic mass is 32.2. The Morgan fingerprint density at radius 2 is 2.10 bits per heavy atom. The van der Waals surface area contributed by atoms with Gasteiger partial charge in [-0.05, 0) is 25.1 Å². The Hall–Kier alpha value is -1.89. The van der Waals surface area contributed by atoms with Gasteiger partial charge in [0.25, 0.3) is 5.76 Å². The summed E-state index contributed by atoms with van der Waals surface area (Å²) in [5.74, 6) is -2.84. The summed E-state index contributed by atoms with van der Waals surface area (Å²) in [4.78, 5) is 12.4. The standard InChI is InChI=1S/C13H13F2N3OS/c1-9(18-8-4-7-16-18)12(19)17-10-5-2-3-6-11(10)20-13(14)15/h2-9,13H,1H3,(H,17,19). The second kappa shape index (κ2) is 6.51. The van der Waals surface area contributed by atoms with Gasteiger partial charge in [0, 0.05) is 17.3 Å². The average Bonchev–Trinajstić information content (AvgIpc) is 2.93. The number of carbonyl (C=O) groups is 1. The summed E-state index contributed by atoms with van der Waals surface area (Å²) < 4.78 is 26.4. The quantitative estimate of drug-likeness (QED) is 0.860. The van der Waals surface area contributed by atoms with E-state index in [4.69, 9.17) is 0 Å². The molecule has 0 fully saturated rings. The van der Waals surface area contributed by atoms with E-state index in [0.717, 1.165) is 0 Å². The molecule has 2 aromatic rings. The van der Waals surface area contributed by atoms with E-state index in [1.807, 2.05) is 0 Å². The molecule has 0 spiro atoms. The normalized spacial score (nSPS) is 12.4. The second-order valence-corrected chi connectivity index (χ2v) is 5.06. The summed E-state index contributed by atoms with van der Waals surface area (Å²) in [5.41, 5.74) is 0.377. The maximum atomic E-state index is 12.5. The molecule has 1 unspecified atom stereocenters. The van der Waals surface area contributed by atoms with E-state index in [-0.39, 0.29) is 5.91 Å². The Morgan fingerprint density at radius 1 is 1.35 bits per heavy atom. The Kier molecular flexibility index (Phi) is 4.73. The molecule has 20 heavy (non-hydrogen) atoms. The molecule has 4 nitrogen and oxygen atoms in total. The van der Waals surface area contributed by atoms with Gasteiger partial charge in [-0.15, -0.1) is 0 Å². The van der Waals surface area contributed by atoms with Crippen molar-refractivity contribution in [2.45, 2.75) is 23.6 Å². The zero-order chi connectivity index (χ0) is 14.5. The maximum absolute atomic E-state index is 12.5. The second-order valence-electron chi connectivity index (χ2n) is 4.03. The molecule has 1 heterocycles. The predicted octanol–water partition coefficient (Wildman–Crippen LogP) is 3.40. The van der Waals surface area contributed by atoms with Crippen LogP contribution in [0.5, 0.6) is 0 Å². The first kappa shape index (κ1) is 14.5. The van der Waals surface area contributed by atoms with Gasteiger partial charge in [0.1, 0.15) is 6.04 Å². The minimum absolute atomic E-state index is 0.309. The number of aromatic nitrogens is 2. The molecule has 7 heteroatoms. The van der Waals surface area contributed by atoms with Crippen LogP contribution in [-0.2, 0) is 4.79 Å². The predicted molar refractivity (Wildman–Crippen MR) is 73.9 cm³/mol. The van der Waals surface area contributed by atoms with Gasteiger partial charge in [0.05, 0.1) is 5.69 Å². The van der Waals surface area contributed by atoms with Crippen LogP contribution in [0.25, 0.3) is 0 Å². The smallest absolute Gasteiger partial charge is 0.288 e. The summed E-state index contributed by atoms with van der Waals surface area (Å²) in [6.07, 6.45) is 3.24. The van der Waals surface area contributed by atoms with Crippen LogP contribution < -0.4 is 5.32 Å². The van der Waals surface area contributed by atoms with Crippen molar-refractivity contribution in [3.8, 4) is 0 Å². The fraction of sp³-hybridized carbons (Fsp3) is 0.231. The summed E-state index contributed by atoms with van der Waals surface area (Å²) >= 11 is 0.406. The minimum atomic E-state index is -2.53. The number of amides is 1. The van der Waals surface area contributed by atoms with E-state index < -0.39 is 11.8 Å². The van der Waals surface area contributed by atoms with Crippen LogP contribution >= 0.6 is 11.8 Å². The molecular formula is C13H13F2N3OS. The molecule has 1 atom stereocenters. The van der Waals surface area contributed by atoms with Crippen molar-refractivity contribution in [1.82, 2.24) is 9.78 Å². The summed E-state index contributed by atoms with van der Waals surface area (Å²) in [6, 6.07) is 7.67. The Balaban J connectivity index is 2.11. The van der Waals surface area contributed by atoms with Gasteiger partial charge >= 0.3 is 0 Å². The number of para-hydroxylation sites is 1. The number of rotatable bonds is 5. The van der Waals surface area contributed by atoms with E-state index in [9.17, 15) is 13.6 Å². The lowest BCUT2D eigenvalue weighted by Crippen LogP contribution is -2.24. The van der Waals surface area contributed by atoms with Crippen LogP contribution in [0.2, 0.25) is 0 Å². The number of thioether (sulfide) groups is 1. The lowest BCUT2D eigenvalue weighted by atomic mass is 10.2. The van der Waals surface area contributed by atoms with Gasteiger partial charge in [-0.2, -0.15) is 13.9 Å². The maximum Gasteiger partial charge on any atom is 0.288 e. The van der Waals surface area contributed by atoms with E-state index in [1.165, 1.54) is 4.68 Å². The highest BCUT2D eigenvalue weighted by molar-refractivity contribution is 7.99. The van der Waals surface area contributed by atoms with Crippen LogP contribution in [0, 0.1) is 0 Å². The zero-order valence-corrected chi connectivity index (χ0v) is 11.5. The number of nitrogens with zero attached hydrogens (tertiary/aromatic N) is 2. The Morgan fingerprint density at radius 3 is 2.75 bits per heavy atom. The van der Waals surface area contributed by atoms with E-state index in [2.05, 4.69) is 10.4 Å². The van der Waals surface area contributed by atoms with Crippen LogP contribution in [0.4, 0.5) is 14.5 Å². The van der Waals surface area contributed by atoms with Gasteiger partial charge in [-0.25, -0.2) is 0 Å². The largest absolute Gasteiger partial charge is 0.323 e. The average molecular weight is 297 g/mol. The van der Waals surface area contributed by atoms with Crippen LogP contribution in [0.3, 0.4) is 0 Å². The number of carbonyl (C=O) groups excluding carboxylic acids is 1. The summed E-state index contributed by atoms with van der Waals surface area (Å²) in [7, 11) is 0. The van der Waals surface area contributed by atoms with Gasteiger partial charge in [-0.3, -0.25) is 9.48 Å². The van der Waals surface area contributed by atoms with Gasteiger partial charge < -0.3 is 5.32 Å². The van der Waals surface area contributed by atoms with Crippen LogP contribution in [-0.4, -0.2) is 21.4 Å². The van der Waals surface area contributed by atoms with Crippen molar-refractivity contribution in [1.29, 1.82) is 0 Å². The van der Waals surface area contributed by atoms with Gasteiger partial charge in [-0.1, -0.05) is 23.9 Å². The van der Waals surface area contributed by atoms with Gasteiger partial charge in [0.2, 0.25) is 5.91 Å². The topological polar surface area (TPSA) is 46.9 Å². The number of nitrogens with one attached hydrogen (secondary N) is 1.